The second kappa shape index (κ2) is 4.28. The maximum absolute atomic E-state index is 9.38. The van der Waals surface area contributed by atoms with Gasteiger partial charge in [0.2, 0.25) is 0 Å². The van der Waals surface area contributed by atoms with Crippen molar-refractivity contribution in [2.45, 2.75) is 31.8 Å². The summed E-state index contributed by atoms with van der Waals surface area (Å²) in [6.45, 7) is 2.92. The number of halogens is 1. The second-order valence-corrected chi connectivity index (χ2v) is 5.19. The fraction of sp³-hybridized carbons (Fsp3) is 0.636. The van der Waals surface area contributed by atoms with E-state index in [0.29, 0.717) is 12.5 Å². The molecule has 0 bridgehead atoms. The summed E-state index contributed by atoms with van der Waals surface area (Å²) >= 11 is 3.27. The van der Waals surface area contributed by atoms with Gasteiger partial charge < -0.3 is 14.8 Å². The molecule has 1 fully saturated rings. The van der Waals surface area contributed by atoms with Crippen LogP contribution in [0.4, 0.5) is 0 Å². The zero-order chi connectivity index (χ0) is 10.9. The summed E-state index contributed by atoms with van der Waals surface area (Å²) in [5.74, 6) is 1.50. The summed E-state index contributed by atoms with van der Waals surface area (Å²) in [7, 11) is 0. The van der Waals surface area contributed by atoms with Gasteiger partial charge in [0.1, 0.15) is 5.76 Å². The first kappa shape index (κ1) is 11.2. The normalized spacial score (nSPS) is 20.2. The lowest BCUT2D eigenvalue weighted by molar-refractivity contribution is 0.151. The standard InChI is InChI=1S/C11H16BrNO2/c1-11(7-14,8-2-3-8)13-6-9-4-5-10(12)15-9/h4-5,8,13-14H,2-3,6-7H2,1H3/t11-/m0/s1. The Bertz CT molecular complexity index is 335. The molecule has 0 saturated heterocycles. The van der Waals surface area contributed by atoms with Gasteiger partial charge in [0, 0.05) is 5.54 Å². The highest BCUT2D eigenvalue weighted by Gasteiger charge is 2.40. The highest BCUT2D eigenvalue weighted by molar-refractivity contribution is 9.10. The molecule has 4 heteroatoms. The van der Waals surface area contributed by atoms with Crippen molar-refractivity contribution in [3.05, 3.63) is 22.6 Å². The van der Waals surface area contributed by atoms with Crippen molar-refractivity contribution >= 4 is 15.9 Å². The van der Waals surface area contributed by atoms with Gasteiger partial charge in [-0.15, -0.1) is 0 Å². The zero-order valence-electron chi connectivity index (χ0n) is 8.79. The number of aliphatic hydroxyl groups is 1. The predicted molar refractivity (Wildman–Crippen MR) is 61.5 cm³/mol. The SMILES string of the molecule is C[C@@](CO)(NCc1ccc(Br)o1)C1CC1. The molecule has 1 saturated carbocycles. The van der Waals surface area contributed by atoms with Crippen molar-refractivity contribution < 1.29 is 9.52 Å². The third-order valence-electron chi connectivity index (χ3n) is 3.10. The Morgan fingerprint density at radius 2 is 2.33 bits per heavy atom. The van der Waals surface area contributed by atoms with Gasteiger partial charge in [-0.3, -0.25) is 0 Å². The molecule has 2 rings (SSSR count). The van der Waals surface area contributed by atoms with Crippen LogP contribution < -0.4 is 5.32 Å². The van der Waals surface area contributed by atoms with Gasteiger partial charge in [-0.2, -0.15) is 0 Å². The lowest BCUT2D eigenvalue weighted by atomic mass is 9.97. The molecule has 1 aromatic heterocycles. The summed E-state index contributed by atoms with van der Waals surface area (Å²) in [4.78, 5) is 0. The van der Waals surface area contributed by atoms with Crippen molar-refractivity contribution in [2.75, 3.05) is 6.61 Å². The third kappa shape index (κ3) is 2.62. The Hall–Kier alpha value is -0.320. The first-order valence-corrected chi connectivity index (χ1v) is 6.03. The summed E-state index contributed by atoms with van der Waals surface area (Å²) in [5.41, 5.74) is -0.154. The van der Waals surface area contributed by atoms with Gasteiger partial charge >= 0.3 is 0 Å². The van der Waals surface area contributed by atoms with Crippen molar-refractivity contribution in [1.82, 2.24) is 5.32 Å². The molecular formula is C11H16BrNO2. The summed E-state index contributed by atoms with van der Waals surface area (Å²) in [6, 6.07) is 3.81. The Kier molecular flexibility index (Phi) is 3.19. The molecule has 0 aliphatic heterocycles. The summed E-state index contributed by atoms with van der Waals surface area (Å²) in [5, 5.41) is 12.7. The van der Waals surface area contributed by atoms with Crippen LogP contribution in [0.2, 0.25) is 0 Å². The lowest BCUT2D eigenvalue weighted by Crippen LogP contribution is -2.47. The van der Waals surface area contributed by atoms with Crippen LogP contribution in [0, 0.1) is 5.92 Å². The van der Waals surface area contributed by atoms with Gasteiger partial charge in [0.05, 0.1) is 13.2 Å². The molecule has 0 radical (unpaired) electrons. The zero-order valence-corrected chi connectivity index (χ0v) is 10.4. The molecule has 15 heavy (non-hydrogen) atoms. The van der Waals surface area contributed by atoms with Crippen LogP contribution in [0.5, 0.6) is 0 Å². The van der Waals surface area contributed by atoms with Crippen LogP contribution in [0.15, 0.2) is 21.2 Å². The highest BCUT2D eigenvalue weighted by Crippen LogP contribution is 2.39. The van der Waals surface area contributed by atoms with E-state index >= 15 is 0 Å². The molecule has 0 unspecified atom stereocenters. The maximum atomic E-state index is 9.38. The molecule has 1 aliphatic carbocycles. The van der Waals surface area contributed by atoms with Gasteiger partial charge in [0.25, 0.3) is 0 Å². The summed E-state index contributed by atoms with van der Waals surface area (Å²) < 4.78 is 6.14. The quantitative estimate of drug-likeness (QED) is 0.866. The van der Waals surface area contributed by atoms with Crippen LogP contribution in [-0.2, 0) is 6.54 Å². The van der Waals surface area contributed by atoms with Crippen molar-refractivity contribution in [3.63, 3.8) is 0 Å². The number of nitrogens with one attached hydrogen (secondary N) is 1. The minimum absolute atomic E-state index is 0.154. The maximum Gasteiger partial charge on any atom is 0.169 e. The van der Waals surface area contributed by atoms with E-state index in [-0.39, 0.29) is 12.1 Å². The van der Waals surface area contributed by atoms with E-state index in [2.05, 4.69) is 28.2 Å². The van der Waals surface area contributed by atoms with E-state index < -0.39 is 0 Å². The molecule has 84 valence electrons. The smallest absolute Gasteiger partial charge is 0.169 e. The van der Waals surface area contributed by atoms with E-state index in [0.717, 1.165) is 10.4 Å². The Morgan fingerprint density at radius 1 is 1.60 bits per heavy atom. The Balaban J connectivity index is 1.91. The highest BCUT2D eigenvalue weighted by atomic mass is 79.9. The van der Waals surface area contributed by atoms with E-state index in [1.54, 1.807) is 0 Å². The van der Waals surface area contributed by atoms with Crippen LogP contribution in [-0.4, -0.2) is 17.3 Å². The van der Waals surface area contributed by atoms with Crippen LogP contribution in [0.25, 0.3) is 0 Å². The topological polar surface area (TPSA) is 45.4 Å². The molecule has 1 heterocycles. The van der Waals surface area contributed by atoms with Crippen molar-refractivity contribution in [2.24, 2.45) is 5.92 Å². The van der Waals surface area contributed by atoms with Crippen molar-refractivity contribution in [3.8, 4) is 0 Å². The largest absolute Gasteiger partial charge is 0.453 e. The number of hydrogen-bond acceptors (Lipinski definition) is 3. The van der Waals surface area contributed by atoms with E-state index in [9.17, 15) is 5.11 Å². The second-order valence-electron chi connectivity index (χ2n) is 4.41. The number of hydrogen-bond donors (Lipinski definition) is 2. The Morgan fingerprint density at radius 3 is 2.80 bits per heavy atom. The van der Waals surface area contributed by atoms with E-state index in [1.807, 2.05) is 12.1 Å². The van der Waals surface area contributed by atoms with Crippen LogP contribution in [0.3, 0.4) is 0 Å². The van der Waals surface area contributed by atoms with Gasteiger partial charge in [-0.05, 0) is 53.7 Å². The molecule has 0 aromatic carbocycles. The molecule has 0 spiro atoms. The molecule has 1 aliphatic rings. The molecule has 3 nitrogen and oxygen atoms in total. The first-order valence-electron chi connectivity index (χ1n) is 5.24. The minimum atomic E-state index is -0.154. The van der Waals surface area contributed by atoms with Crippen LogP contribution >= 0.6 is 15.9 Å². The first-order chi connectivity index (χ1) is 7.14. The third-order valence-corrected chi connectivity index (χ3v) is 3.53. The Labute approximate surface area is 98.0 Å². The van der Waals surface area contributed by atoms with E-state index in [4.69, 9.17) is 4.42 Å². The van der Waals surface area contributed by atoms with E-state index in [1.165, 1.54) is 12.8 Å². The number of aliphatic hydroxyl groups excluding tert-OH is 1. The monoisotopic (exact) mass is 273 g/mol. The average molecular weight is 274 g/mol. The van der Waals surface area contributed by atoms with Gasteiger partial charge in [0.15, 0.2) is 4.67 Å². The minimum Gasteiger partial charge on any atom is -0.453 e. The molecular weight excluding hydrogens is 258 g/mol. The van der Waals surface area contributed by atoms with Gasteiger partial charge in [-0.1, -0.05) is 0 Å². The fourth-order valence-corrected chi connectivity index (χ4v) is 2.13. The number of rotatable bonds is 5. The van der Waals surface area contributed by atoms with Crippen molar-refractivity contribution in [1.29, 1.82) is 0 Å². The number of furan rings is 1. The molecule has 2 N–H and O–H groups in total. The van der Waals surface area contributed by atoms with Crippen LogP contribution in [0.1, 0.15) is 25.5 Å². The predicted octanol–water partition coefficient (Wildman–Crippen LogP) is 2.29. The van der Waals surface area contributed by atoms with Gasteiger partial charge in [-0.25, -0.2) is 0 Å². The lowest BCUT2D eigenvalue weighted by Gasteiger charge is -2.28. The molecule has 1 atom stereocenters. The fourth-order valence-electron chi connectivity index (χ4n) is 1.79. The average Bonchev–Trinajstić information content (AvgIpc) is 3.00. The summed E-state index contributed by atoms with van der Waals surface area (Å²) in [6.07, 6.45) is 2.43. The molecule has 1 aromatic rings. The molecule has 0 amide bonds.